The van der Waals surface area contributed by atoms with Crippen LogP contribution in [0.5, 0.6) is 0 Å². The first-order valence-electron chi connectivity index (χ1n) is 8.71. The summed E-state index contributed by atoms with van der Waals surface area (Å²) in [6.07, 6.45) is 4.70. The van der Waals surface area contributed by atoms with E-state index in [0.717, 1.165) is 36.2 Å². The number of carboxylic acids is 1. The molecule has 1 aromatic heterocycles. The van der Waals surface area contributed by atoms with Crippen LogP contribution < -0.4 is 0 Å². The molecule has 0 saturated heterocycles. The number of fused-ring (bicyclic) bond motifs is 3. The number of nitrogens with zero attached hydrogens (tertiary/aromatic N) is 1. The second-order valence-corrected chi connectivity index (χ2v) is 8.82. The largest absolute Gasteiger partial charge is 0.481 e. The molecule has 1 aliphatic heterocycles. The number of carbonyl (C=O) groups is 1. The Morgan fingerprint density at radius 1 is 1.19 bits per heavy atom. The fraction of sp³-hybridized carbons (Fsp3) is 0.350. The predicted octanol–water partition coefficient (Wildman–Crippen LogP) is 5.61. The van der Waals surface area contributed by atoms with Crippen LogP contribution in [-0.2, 0) is 24.2 Å². The number of halogens is 2. The minimum absolute atomic E-state index is 0.00587. The molecule has 136 valence electrons. The van der Waals surface area contributed by atoms with Crippen LogP contribution in [0.3, 0.4) is 0 Å². The van der Waals surface area contributed by atoms with Crippen molar-refractivity contribution in [3.8, 4) is 0 Å². The summed E-state index contributed by atoms with van der Waals surface area (Å²) in [5.41, 5.74) is 5.61. The molecule has 26 heavy (non-hydrogen) atoms. The SMILES string of the molecule is CN1Cc2c(sc3c2CCCC3)C(c2ccc(Cl)c(Cl)c2)=C1CC(=O)O. The van der Waals surface area contributed by atoms with Gasteiger partial charge in [0.25, 0.3) is 0 Å². The topological polar surface area (TPSA) is 40.5 Å². The molecule has 2 heterocycles. The second-order valence-electron chi connectivity index (χ2n) is 6.90. The number of thiophene rings is 1. The number of aryl methyl sites for hydroxylation is 1. The standard InChI is InChI=1S/C20H19Cl2NO2S/c1-23-10-13-12-4-2-3-5-17(12)26-20(13)19(16(23)9-18(24)25)11-6-7-14(21)15(22)8-11/h6-8H,2-5,9-10H2,1H3,(H,24,25). The van der Waals surface area contributed by atoms with E-state index in [2.05, 4.69) is 4.90 Å². The van der Waals surface area contributed by atoms with E-state index in [4.69, 9.17) is 23.2 Å². The molecule has 4 rings (SSSR count). The van der Waals surface area contributed by atoms with Crippen LogP contribution in [0.2, 0.25) is 10.0 Å². The van der Waals surface area contributed by atoms with Crippen molar-refractivity contribution >= 4 is 46.1 Å². The lowest BCUT2D eigenvalue weighted by Gasteiger charge is -2.31. The molecule has 2 aliphatic rings. The van der Waals surface area contributed by atoms with E-state index in [0.29, 0.717) is 10.0 Å². The molecule has 0 spiro atoms. The molecule has 0 bridgehead atoms. The van der Waals surface area contributed by atoms with Gasteiger partial charge in [-0.3, -0.25) is 4.79 Å². The maximum Gasteiger partial charge on any atom is 0.309 e. The lowest BCUT2D eigenvalue weighted by atomic mass is 9.88. The third-order valence-corrected chi connectivity index (χ3v) is 7.27. The maximum atomic E-state index is 11.5. The van der Waals surface area contributed by atoms with Gasteiger partial charge >= 0.3 is 5.97 Å². The van der Waals surface area contributed by atoms with Gasteiger partial charge < -0.3 is 10.0 Å². The summed E-state index contributed by atoms with van der Waals surface area (Å²) in [4.78, 5) is 16.3. The zero-order chi connectivity index (χ0) is 18.4. The molecule has 1 aromatic carbocycles. The Kier molecular flexibility index (Phi) is 4.76. The normalized spacial score (nSPS) is 16.5. The van der Waals surface area contributed by atoms with Crippen molar-refractivity contribution in [3.05, 3.63) is 60.4 Å². The van der Waals surface area contributed by atoms with Gasteiger partial charge in [-0.15, -0.1) is 11.3 Å². The maximum absolute atomic E-state index is 11.5. The molecule has 0 saturated carbocycles. The highest BCUT2D eigenvalue weighted by Gasteiger charge is 2.31. The Labute approximate surface area is 166 Å². The minimum atomic E-state index is -0.825. The summed E-state index contributed by atoms with van der Waals surface area (Å²) >= 11 is 14.2. The van der Waals surface area contributed by atoms with Crippen LogP contribution in [-0.4, -0.2) is 23.0 Å². The molecule has 0 fully saturated rings. The zero-order valence-electron chi connectivity index (χ0n) is 14.4. The molecule has 0 unspecified atom stereocenters. The molecule has 0 amide bonds. The van der Waals surface area contributed by atoms with Gasteiger partial charge in [0.2, 0.25) is 0 Å². The zero-order valence-corrected chi connectivity index (χ0v) is 16.8. The number of benzene rings is 1. The Morgan fingerprint density at radius 3 is 2.69 bits per heavy atom. The average Bonchev–Trinajstić information content (AvgIpc) is 2.96. The van der Waals surface area contributed by atoms with Gasteiger partial charge in [-0.1, -0.05) is 29.3 Å². The van der Waals surface area contributed by atoms with Crippen LogP contribution in [0.25, 0.3) is 5.57 Å². The van der Waals surface area contributed by atoms with Crippen molar-refractivity contribution in [2.24, 2.45) is 0 Å². The fourth-order valence-corrected chi connectivity index (χ4v) is 5.76. The van der Waals surface area contributed by atoms with E-state index in [9.17, 15) is 9.90 Å². The number of hydrogen-bond donors (Lipinski definition) is 1. The first-order chi connectivity index (χ1) is 12.5. The quantitative estimate of drug-likeness (QED) is 0.717. The Balaban J connectivity index is 1.96. The minimum Gasteiger partial charge on any atom is -0.481 e. The predicted molar refractivity (Wildman–Crippen MR) is 107 cm³/mol. The molecule has 0 radical (unpaired) electrons. The third-order valence-electron chi connectivity index (χ3n) is 5.18. The van der Waals surface area contributed by atoms with E-state index < -0.39 is 5.97 Å². The Hall–Kier alpha value is -1.49. The van der Waals surface area contributed by atoms with E-state index in [1.807, 2.05) is 30.5 Å². The van der Waals surface area contributed by atoms with Gasteiger partial charge in [0.1, 0.15) is 0 Å². The third kappa shape index (κ3) is 3.04. The van der Waals surface area contributed by atoms with E-state index >= 15 is 0 Å². The lowest BCUT2D eigenvalue weighted by Crippen LogP contribution is -2.26. The highest BCUT2D eigenvalue weighted by atomic mass is 35.5. The number of carboxylic acid groups (broad SMARTS) is 1. The molecule has 0 atom stereocenters. The summed E-state index contributed by atoms with van der Waals surface area (Å²) in [5.74, 6) is -0.825. The van der Waals surface area contributed by atoms with E-state index in [1.54, 1.807) is 6.07 Å². The van der Waals surface area contributed by atoms with E-state index in [1.165, 1.54) is 33.7 Å². The van der Waals surface area contributed by atoms with Gasteiger partial charge in [-0.05, 0) is 54.5 Å². The molecule has 1 aliphatic carbocycles. The molecule has 2 aromatic rings. The summed E-state index contributed by atoms with van der Waals surface area (Å²) < 4.78 is 0. The van der Waals surface area contributed by atoms with Crippen molar-refractivity contribution < 1.29 is 9.90 Å². The summed E-state index contributed by atoms with van der Waals surface area (Å²) in [5, 5.41) is 10.4. The van der Waals surface area contributed by atoms with Crippen LogP contribution in [0, 0.1) is 0 Å². The lowest BCUT2D eigenvalue weighted by molar-refractivity contribution is -0.136. The van der Waals surface area contributed by atoms with Crippen LogP contribution in [0.15, 0.2) is 23.9 Å². The van der Waals surface area contributed by atoms with Gasteiger partial charge in [-0.25, -0.2) is 0 Å². The van der Waals surface area contributed by atoms with Gasteiger partial charge in [0.15, 0.2) is 0 Å². The highest BCUT2D eigenvalue weighted by Crippen LogP contribution is 2.46. The average molecular weight is 408 g/mol. The Morgan fingerprint density at radius 2 is 1.96 bits per heavy atom. The van der Waals surface area contributed by atoms with Crippen LogP contribution in [0.4, 0.5) is 0 Å². The number of rotatable bonds is 3. The number of aliphatic carboxylic acids is 1. The smallest absolute Gasteiger partial charge is 0.309 e. The van der Waals surface area contributed by atoms with Gasteiger partial charge in [0, 0.05) is 34.6 Å². The first-order valence-corrected chi connectivity index (χ1v) is 10.3. The van der Waals surface area contributed by atoms with Crippen LogP contribution in [0.1, 0.15) is 45.7 Å². The monoisotopic (exact) mass is 407 g/mol. The first kappa shape index (κ1) is 17.9. The molecule has 6 heteroatoms. The summed E-state index contributed by atoms with van der Waals surface area (Å²) in [6.45, 7) is 0.772. The molecule has 1 N–H and O–H groups in total. The van der Waals surface area contributed by atoms with Crippen molar-refractivity contribution in [2.75, 3.05) is 7.05 Å². The summed E-state index contributed by atoms with van der Waals surface area (Å²) in [6, 6.07) is 5.57. The van der Waals surface area contributed by atoms with Gasteiger partial charge in [-0.2, -0.15) is 0 Å². The summed E-state index contributed by atoms with van der Waals surface area (Å²) in [7, 11) is 1.98. The van der Waals surface area contributed by atoms with Crippen molar-refractivity contribution in [1.82, 2.24) is 4.90 Å². The highest BCUT2D eigenvalue weighted by molar-refractivity contribution is 7.13. The Bertz CT molecular complexity index is 932. The number of hydrogen-bond acceptors (Lipinski definition) is 3. The fourth-order valence-electron chi connectivity index (χ4n) is 3.97. The molecular weight excluding hydrogens is 389 g/mol. The second kappa shape index (κ2) is 6.91. The molecular formula is C20H19Cl2NO2S. The van der Waals surface area contributed by atoms with Crippen molar-refractivity contribution in [3.63, 3.8) is 0 Å². The van der Waals surface area contributed by atoms with E-state index in [-0.39, 0.29) is 6.42 Å². The van der Waals surface area contributed by atoms with Crippen molar-refractivity contribution in [2.45, 2.75) is 38.6 Å². The van der Waals surface area contributed by atoms with Gasteiger partial charge in [0.05, 0.1) is 16.5 Å². The van der Waals surface area contributed by atoms with Crippen LogP contribution >= 0.6 is 34.5 Å². The molecule has 3 nitrogen and oxygen atoms in total. The van der Waals surface area contributed by atoms with Crippen molar-refractivity contribution in [1.29, 1.82) is 0 Å².